The molecule has 1 aromatic carbocycles. The van der Waals surface area contributed by atoms with Crippen molar-refractivity contribution in [1.82, 2.24) is 19.4 Å². The predicted molar refractivity (Wildman–Crippen MR) is 96.9 cm³/mol. The molecule has 1 aliphatic rings. The minimum absolute atomic E-state index is 0.651. The third-order valence-electron chi connectivity index (χ3n) is 4.36. The van der Waals surface area contributed by atoms with Crippen molar-refractivity contribution in [3.8, 4) is 5.75 Å². The first kappa shape index (κ1) is 17.5. The molecule has 0 radical (unpaired) electrons. The monoisotopic (exact) mass is 368 g/mol. The number of piperazine rings is 1. The van der Waals surface area contributed by atoms with E-state index in [4.69, 9.17) is 27.9 Å². The third-order valence-corrected chi connectivity index (χ3v) is 5.02. The van der Waals surface area contributed by atoms with Gasteiger partial charge in [0.2, 0.25) is 0 Å². The number of hydrogen-bond donors (Lipinski definition) is 0. The van der Waals surface area contributed by atoms with E-state index >= 15 is 0 Å². The summed E-state index contributed by atoms with van der Waals surface area (Å²) in [5.41, 5.74) is 0. The fourth-order valence-corrected chi connectivity index (χ4v) is 3.13. The predicted octanol–water partition coefficient (Wildman–Crippen LogP) is 2.92. The summed E-state index contributed by atoms with van der Waals surface area (Å²) in [6.07, 6.45) is 1.71. The van der Waals surface area contributed by atoms with Gasteiger partial charge in [-0.3, -0.25) is 9.80 Å². The summed E-state index contributed by atoms with van der Waals surface area (Å²) < 4.78 is 7.70. The molecule has 0 unspecified atom stereocenters. The minimum Gasteiger partial charge on any atom is -0.491 e. The smallest absolute Gasteiger partial charge is 0.137 e. The number of ether oxygens (including phenoxy) is 1. The number of aromatic nitrogens is 2. The number of hydrogen-bond acceptors (Lipinski definition) is 4. The highest BCUT2D eigenvalue weighted by molar-refractivity contribution is 6.32. The molecule has 5 nitrogen and oxygen atoms in total. The topological polar surface area (TPSA) is 33.5 Å². The molecule has 24 heavy (non-hydrogen) atoms. The molecule has 2 heterocycles. The summed E-state index contributed by atoms with van der Waals surface area (Å²) in [4.78, 5) is 9.19. The van der Waals surface area contributed by atoms with Crippen molar-refractivity contribution in [2.75, 3.05) is 39.3 Å². The van der Waals surface area contributed by atoms with Crippen LogP contribution in [0.1, 0.15) is 5.82 Å². The van der Waals surface area contributed by atoms with Crippen LogP contribution in [0.5, 0.6) is 5.75 Å². The molecule has 0 spiro atoms. The zero-order valence-corrected chi connectivity index (χ0v) is 15.3. The Morgan fingerprint density at radius 3 is 2.46 bits per heavy atom. The van der Waals surface area contributed by atoms with Crippen molar-refractivity contribution in [2.24, 2.45) is 7.05 Å². The molecule has 1 saturated heterocycles. The molecule has 3 rings (SSSR count). The Kier molecular flexibility index (Phi) is 6.00. The molecule has 7 heteroatoms. The van der Waals surface area contributed by atoms with E-state index < -0.39 is 0 Å². The number of benzene rings is 1. The van der Waals surface area contributed by atoms with E-state index in [-0.39, 0.29) is 0 Å². The number of para-hydroxylation sites is 1. The maximum absolute atomic E-state index is 6.09. The lowest BCUT2D eigenvalue weighted by atomic mass is 10.3. The molecule has 0 aliphatic carbocycles. The summed E-state index contributed by atoms with van der Waals surface area (Å²) in [6, 6.07) is 7.59. The molecule has 130 valence electrons. The maximum atomic E-state index is 6.09. The highest BCUT2D eigenvalue weighted by atomic mass is 35.5. The third kappa shape index (κ3) is 4.42. The first-order valence-electron chi connectivity index (χ1n) is 8.11. The van der Waals surface area contributed by atoms with Gasteiger partial charge in [-0.25, -0.2) is 4.98 Å². The second kappa shape index (κ2) is 8.21. The van der Waals surface area contributed by atoms with Crippen LogP contribution in [-0.2, 0) is 13.6 Å². The highest BCUT2D eigenvalue weighted by Crippen LogP contribution is 2.23. The molecule has 2 aromatic rings. The second-order valence-electron chi connectivity index (χ2n) is 5.95. The van der Waals surface area contributed by atoms with Crippen molar-refractivity contribution in [2.45, 2.75) is 6.54 Å². The van der Waals surface area contributed by atoms with Crippen molar-refractivity contribution < 1.29 is 4.74 Å². The average Bonchev–Trinajstić information content (AvgIpc) is 2.90. The van der Waals surface area contributed by atoms with E-state index in [9.17, 15) is 0 Å². The lowest BCUT2D eigenvalue weighted by molar-refractivity contribution is 0.110. The van der Waals surface area contributed by atoms with Gasteiger partial charge in [0.15, 0.2) is 0 Å². The Morgan fingerprint density at radius 2 is 1.79 bits per heavy atom. The van der Waals surface area contributed by atoms with E-state index in [0.717, 1.165) is 50.8 Å². The summed E-state index contributed by atoms with van der Waals surface area (Å²) in [5, 5.41) is 1.34. The van der Waals surface area contributed by atoms with Crippen molar-refractivity contribution in [1.29, 1.82) is 0 Å². The van der Waals surface area contributed by atoms with Gasteiger partial charge in [-0.15, -0.1) is 0 Å². The SMILES string of the molecule is Cn1c(Cl)cnc1CN1CCN(CCOc2ccccc2Cl)CC1. The molecule has 1 fully saturated rings. The van der Waals surface area contributed by atoms with Gasteiger partial charge in [0.1, 0.15) is 23.3 Å². The van der Waals surface area contributed by atoms with Crippen LogP contribution in [0.3, 0.4) is 0 Å². The number of imidazole rings is 1. The first-order chi connectivity index (χ1) is 11.6. The van der Waals surface area contributed by atoms with Crippen molar-refractivity contribution in [3.05, 3.63) is 46.5 Å². The number of rotatable bonds is 6. The van der Waals surface area contributed by atoms with E-state index in [1.54, 1.807) is 6.20 Å². The molecule has 0 saturated carbocycles. The van der Waals surface area contributed by atoms with Gasteiger partial charge < -0.3 is 9.30 Å². The van der Waals surface area contributed by atoms with Crippen LogP contribution in [0, 0.1) is 0 Å². The average molecular weight is 369 g/mol. The molecular weight excluding hydrogens is 347 g/mol. The fourth-order valence-electron chi connectivity index (χ4n) is 2.79. The fraction of sp³-hybridized carbons (Fsp3) is 0.471. The van der Waals surface area contributed by atoms with Gasteiger partial charge >= 0.3 is 0 Å². The highest BCUT2D eigenvalue weighted by Gasteiger charge is 2.18. The van der Waals surface area contributed by atoms with Crippen molar-refractivity contribution >= 4 is 23.2 Å². The van der Waals surface area contributed by atoms with Gasteiger partial charge in [-0.05, 0) is 12.1 Å². The normalized spacial score (nSPS) is 16.5. The summed E-state index contributed by atoms with van der Waals surface area (Å²) >= 11 is 12.1. The van der Waals surface area contributed by atoms with Gasteiger partial charge in [-0.1, -0.05) is 35.3 Å². The summed E-state index contributed by atoms with van der Waals surface area (Å²) in [7, 11) is 1.95. The summed E-state index contributed by atoms with van der Waals surface area (Å²) in [6.45, 7) is 6.51. The van der Waals surface area contributed by atoms with Crippen LogP contribution in [-0.4, -0.2) is 58.7 Å². The lowest BCUT2D eigenvalue weighted by Gasteiger charge is -2.34. The van der Waals surface area contributed by atoms with Crippen LogP contribution < -0.4 is 4.74 Å². The molecule has 0 bridgehead atoms. The Morgan fingerprint density at radius 1 is 1.08 bits per heavy atom. The zero-order chi connectivity index (χ0) is 16.9. The molecule has 1 aliphatic heterocycles. The lowest BCUT2D eigenvalue weighted by Crippen LogP contribution is -2.47. The first-order valence-corrected chi connectivity index (χ1v) is 8.87. The van der Waals surface area contributed by atoms with Crippen LogP contribution in [0.2, 0.25) is 10.2 Å². The summed E-state index contributed by atoms with van der Waals surface area (Å²) in [5.74, 6) is 1.76. The zero-order valence-electron chi connectivity index (χ0n) is 13.8. The Balaban J connectivity index is 1.39. The quantitative estimate of drug-likeness (QED) is 0.784. The van der Waals surface area contributed by atoms with Gasteiger partial charge in [0, 0.05) is 39.8 Å². The van der Waals surface area contributed by atoms with E-state index in [1.807, 2.05) is 35.9 Å². The molecule has 0 atom stereocenters. The number of halogens is 2. The molecule has 0 amide bonds. The maximum Gasteiger partial charge on any atom is 0.137 e. The standard InChI is InChI=1S/C17H22Cl2N4O/c1-21-16(19)12-20-17(21)13-23-8-6-22(7-9-23)10-11-24-15-5-3-2-4-14(15)18/h2-5,12H,6-11,13H2,1H3. The Hall–Kier alpha value is -1.27. The van der Waals surface area contributed by atoms with Crippen molar-refractivity contribution in [3.63, 3.8) is 0 Å². The Bertz CT molecular complexity index is 668. The minimum atomic E-state index is 0.651. The van der Waals surface area contributed by atoms with Gasteiger partial charge in [0.05, 0.1) is 17.8 Å². The van der Waals surface area contributed by atoms with E-state index in [1.165, 1.54) is 0 Å². The van der Waals surface area contributed by atoms with E-state index in [2.05, 4.69) is 14.8 Å². The van der Waals surface area contributed by atoms with Gasteiger partial charge in [0.25, 0.3) is 0 Å². The number of nitrogens with zero attached hydrogens (tertiary/aromatic N) is 4. The van der Waals surface area contributed by atoms with Crippen LogP contribution >= 0.6 is 23.2 Å². The Labute approximate surface area is 152 Å². The van der Waals surface area contributed by atoms with E-state index in [0.29, 0.717) is 16.8 Å². The molecule has 0 N–H and O–H groups in total. The van der Waals surface area contributed by atoms with Crippen LogP contribution in [0.25, 0.3) is 0 Å². The molecule has 1 aromatic heterocycles. The van der Waals surface area contributed by atoms with Crippen LogP contribution in [0.15, 0.2) is 30.5 Å². The van der Waals surface area contributed by atoms with Gasteiger partial charge in [-0.2, -0.15) is 0 Å². The second-order valence-corrected chi connectivity index (χ2v) is 6.75. The largest absolute Gasteiger partial charge is 0.491 e. The van der Waals surface area contributed by atoms with Crippen LogP contribution in [0.4, 0.5) is 0 Å². The molecular formula is C17H22Cl2N4O.